The molecule has 0 bridgehead atoms. The monoisotopic (exact) mass is 482 g/mol. The Labute approximate surface area is 215 Å². The molecule has 0 amide bonds. The van der Waals surface area contributed by atoms with Crippen molar-refractivity contribution in [1.82, 2.24) is 0 Å². The molecule has 2 unspecified atom stereocenters. The Morgan fingerprint density at radius 3 is 1.86 bits per heavy atom. The molecular formula is C32H50O3. The van der Waals surface area contributed by atoms with E-state index in [-0.39, 0.29) is 6.10 Å². The van der Waals surface area contributed by atoms with Crippen molar-refractivity contribution in [3.05, 3.63) is 71.8 Å². The van der Waals surface area contributed by atoms with Gasteiger partial charge in [0.1, 0.15) is 6.10 Å². The summed E-state index contributed by atoms with van der Waals surface area (Å²) in [7, 11) is 1.73. The van der Waals surface area contributed by atoms with Gasteiger partial charge >= 0.3 is 0 Å². The van der Waals surface area contributed by atoms with Crippen LogP contribution in [0.3, 0.4) is 0 Å². The fourth-order valence-electron chi connectivity index (χ4n) is 4.60. The van der Waals surface area contributed by atoms with E-state index in [1.54, 1.807) is 7.11 Å². The predicted molar refractivity (Wildman–Crippen MR) is 148 cm³/mol. The van der Waals surface area contributed by atoms with Crippen molar-refractivity contribution >= 4 is 0 Å². The van der Waals surface area contributed by atoms with E-state index >= 15 is 0 Å². The zero-order valence-corrected chi connectivity index (χ0v) is 22.5. The fraction of sp³-hybridized carbons (Fsp3) is 0.625. The maximum Gasteiger partial charge on any atom is 0.104 e. The third kappa shape index (κ3) is 14.5. The number of unbranched alkanes of at least 4 members (excludes halogenated alkanes) is 8. The van der Waals surface area contributed by atoms with Gasteiger partial charge < -0.3 is 14.2 Å². The minimum atomic E-state index is -0.00712. The van der Waals surface area contributed by atoms with Crippen LogP contribution >= 0.6 is 0 Å². The maximum atomic E-state index is 5.87. The van der Waals surface area contributed by atoms with Gasteiger partial charge in [-0.1, -0.05) is 125 Å². The number of benzene rings is 2. The van der Waals surface area contributed by atoms with Crippen LogP contribution in [0.2, 0.25) is 0 Å². The predicted octanol–water partition coefficient (Wildman–Crippen LogP) is 8.72. The third-order valence-corrected chi connectivity index (χ3v) is 6.82. The van der Waals surface area contributed by atoms with Crippen molar-refractivity contribution in [3.8, 4) is 0 Å². The summed E-state index contributed by atoms with van der Waals surface area (Å²) in [5.41, 5.74) is 2.72. The van der Waals surface area contributed by atoms with Gasteiger partial charge in [0.2, 0.25) is 0 Å². The van der Waals surface area contributed by atoms with Crippen LogP contribution in [0, 0.1) is 0 Å². The Morgan fingerprint density at radius 1 is 0.629 bits per heavy atom. The molecule has 0 radical (unpaired) electrons. The van der Waals surface area contributed by atoms with Crippen LogP contribution in [0.1, 0.15) is 101 Å². The summed E-state index contributed by atoms with van der Waals surface area (Å²) < 4.78 is 17.2. The maximum absolute atomic E-state index is 5.87. The second-order valence-corrected chi connectivity index (χ2v) is 9.80. The van der Waals surface area contributed by atoms with Crippen molar-refractivity contribution in [2.75, 3.05) is 26.9 Å². The zero-order valence-electron chi connectivity index (χ0n) is 22.5. The number of methoxy groups -OCH3 is 1. The lowest BCUT2D eigenvalue weighted by molar-refractivity contribution is -0.0451. The van der Waals surface area contributed by atoms with Crippen molar-refractivity contribution in [3.63, 3.8) is 0 Å². The van der Waals surface area contributed by atoms with Crippen molar-refractivity contribution in [1.29, 1.82) is 0 Å². The second kappa shape index (κ2) is 20.5. The van der Waals surface area contributed by atoms with Crippen LogP contribution in [0.15, 0.2) is 60.7 Å². The molecular weight excluding hydrogens is 432 g/mol. The van der Waals surface area contributed by atoms with Gasteiger partial charge in [0.15, 0.2) is 0 Å². The van der Waals surface area contributed by atoms with Crippen molar-refractivity contribution < 1.29 is 14.2 Å². The molecule has 0 aliphatic carbocycles. The van der Waals surface area contributed by atoms with Crippen LogP contribution in [0.5, 0.6) is 0 Å². The fourth-order valence-corrected chi connectivity index (χ4v) is 4.60. The minimum Gasteiger partial charge on any atom is -0.379 e. The number of ether oxygens (including phenoxy) is 3. The van der Waals surface area contributed by atoms with Gasteiger partial charge in [-0.3, -0.25) is 0 Å². The van der Waals surface area contributed by atoms with Gasteiger partial charge in [0.25, 0.3) is 0 Å². The number of rotatable bonds is 22. The Kier molecular flexibility index (Phi) is 17.3. The van der Waals surface area contributed by atoms with E-state index in [1.165, 1.54) is 81.8 Å². The van der Waals surface area contributed by atoms with Gasteiger partial charge in [-0.25, -0.2) is 0 Å². The quantitative estimate of drug-likeness (QED) is 0.157. The first-order valence-corrected chi connectivity index (χ1v) is 14.1. The van der Waals surface area contributed by atoms with E-state index in [4.69, 9.17) is 14.2 Å². The molecule has 35 heavy (non-hydrogen) atoms. The Balaban J connectivity index is 1.52. The standard InChI is InChI=1S/C32H50O3/c1-3-4-5-6-7-14-21-30(31-23-16-11-17-24-31)22-15-8-9-18-25-34-27-32(33-2)28-35-26-29-19-12-10-13-20-29/h10-13,16-17,19-20,23-24,30,32H,3-9,14-15,18,21-22,25-28H2,1-2H3. The van der Waals surface area contributed by atoms with Crippen LogP contribution in [0.4, 0.5) is 0 Å². The first kappa shape index (κ1) is 29.5. The van der Waals surface area contributed by atoms with E-state index in [0.717, 1.165) is 18.9 Å². The molecule has 3 nitrogen and oxygen atoms in total. The van der Waals surface area contributed by atoms with E-state index in [1.807, 2.05) is 18.2 Å². The highest BCUT2D eigenvalue weighted by Crippen LogP contribution is 2.28. The molecule has 0 fully saturated rings. The van der Waals surface area contributed by atoms with Gasteiger partial charge in [0, 0.05) is 13.7 Å². The zero-order chi connectivity index (χ0) is 24.8. The summed E-state index contributed by atoms with van der Waals surface area (Å²) in [4.78, 5) is 0. The lowest BCUT2D eigenvalue weighted by Gasteiger charge is -2.18. The largest absolute Gasteiger partial charge is 0.379 e. The lowest BCUT2D eigenvalue weighted by atomic mass is 9.88. The molecule has 2 atom stereocenters. The van der Waals surface area contributed by atoms with Gasteiger partial charge in [0.05, 0.1) is 19.8 Å². The lowest BCUT2D eigenvalue weighted by Crippen LogP contribution is -2.24. The van der Waals surface area contributed by atoms with Crippen molar-refractivity contribution in [2.24, 2.45) is 0 Å². The highest BCUT2D eigenvalue weighted by atomic mass is 16.6. The highest BCUT2D eigenvalue weighted by molar-refractivity contribution is 5.19. The van der Waals surface area contributed by atoms with Gasteiger partial charge in [-0.2, -0.15) is 0 Å². The molecule has 0 spiro atoms. The SMILES string of the molecule is CCCCCCCCC(CCCCCCOCC(COCc1ccccc1)OC)c1ccccc1. The first-order valence-electron chi connectivity index (χ1n) is 14.1. The molecule has 3 heteroatoms. The van der Waals surface area contributed by atoms with Crippen LogP contribution < -0.4 is 0 Å². The number of hydrogen-bond donors (Lipinski definition) is 0. The molecule has 0 saturated carbocycles. The molecule has 0 N–H and O–H groups in total. The summed E-state index contributed by atoms with van der Waals surface area (Å²) in [5.74, 6) is 0.719. The number of hydrogen-bond acceptors (Lipinski definition) is 3. The average molecular weight is 483 g/mol. The van der Waals surface area contributed by atoms with Crippen LogP contribution in [-0.2, 0) is 20.8 Å². The molecule has 196 valence electrons. The smallest absolute Gasteiger partial charge is 0.104 e. The Hall–Kier alpha value is -1.68. The highest BCUT2D eigenvalue weighted by Gasteiger charge is 2.11. The molecule has 0 aromatic heterocycles. The van der Waals surface area contributed by atoms with Crippen LogP contribution in [-0.4, -0.2) is 33.0 Å². The Bertz CT molecular complexity index is 703. The molecule has 2 aromatic rings. The molecule has 2 aromatic carbocycles. The average Bonchev–Trinajstić information content (AvgIpc) is 2.91. The van der Waals surface area contributed by atoms with Gasteiger partial charge in [-0.15, -0.1) is 0 Å². The summed E-state index contributed by atoms with van der Waals surface area (Å²) in [5, 5.41) is 0. The third-order valence-electron chi connectivity index (χ3n) is 6.82. The van der Waals surface area contributed by atoms with E-state index in [0.29, 0.717) is 19.8 Å². The first-order chi connectivity index (χ1) is 17.3. The van der Waals surface area contributed by atoms with E-state index in [9.17, 15) is 0 Å². The normalized spacial score (nSPS) is 13.1. The summed E-state index contributed by atoms with van der Waals surface area (Å²) in [6.07, 6.45) is 15.9. The molecule has 0 aliphatic heterocycles. The Morgan fingerprint density at radius 2 is 1.20 bits per heavy atom. The van der Waals surface area contributed by atoms with Crippen LogP contribution in [0.25, 0.3) is 0 Å². The summed E-state index contributed by atoms with van der Waals surface area (Å²) >= 11 is 0. The van der Waals surface area contributed by atoms with Crippen molar-refractivity contribution in [2.45, 2.75) is 103 Å². The minimum absolute atomic E-state index is 0.00712. The van der Waals surface area contributed by atoms with Gasteiger partial charge in [-0.05, 0) is 36.3 Å². The van der Waals surface area contributed by atoms with E-state index in [2.05, 4.69) is 49.4 Å². The summed E-state index contributed by atoms with van der Waals surface area (Å²) in [6, 6.07) is 21.4. The molecule has 2 rings (SSSR count). The van der Waals surface area contributed by atoms with E-state index < -0.39 is 0 Å². The second-order valence-electron chi connectivity index (χ2n) is 9.80. The molecule has 0 saturated heterocycles. The molecule has 0 aliphatic rings. The molecule has 0 heterocycles. The summed E-state index contributed by atoms with van der Waals surface area (Å²) in [6.45, 7) is 4.86. The topological polar surface area (TPSA) is 27.7 Å².